The van der Waals surface area contributed by atoms with Crippen molar-refractivity contribution in [2.24, 2.45) is 11.8 Å². The van der Waals surface area contributed by atoms with E-state index in [1.54, 1.807) is 0 Å². The summed E-state index contributed by atoms with van der Waals surface area (Å²) in [6.45, 7) is 0. The predicted molar refractivity (Wildman–Crippen MR) is 129 cm³/mol. The van der Waals surface area contributed by atoms with Crippen molar-refractivity contribution in [2.75, 3.05) is 14.2 Å². The fourth-order valence-electron chi connectivity index (χ4n) is 4.68. The van der Waals surface area contributed by atoms with Crippen molar-refractivity contribution in [3.63, 3.8) is 0 Å². The van der Waals surface area contributed by atoms with Gasteiger partial charge in [-0.05, 0) is 23.1 Å². The zero-order valence-corrected chi connectivity index (χ0v) is 19.3. The summed E-state index contributed by atoms with van der Waals surface area (Å²) in [4.78, 5) is 24.7. The number of rotatable bonds is 8. The van der Waals surface area contributed by atoms with Crippen LogP contribution < -0.4 is 0 Å². The third kappa shape index (κ3) is 4.52. The Bertz CT molecular complexity index is 1010. The van der Waals surface area contributed by atoms with Crippen LogP contribution in [0, 0.1) is 11.8 Å². The van der Waals surface area contributed by atoms with Gasteiger partial charge in [0.15, 0.2) is 5.92 Å². The number of carbonyl (C=O) groups is 2. The predicted octanol–water partition coefficient (Wildman–Crippen LogP) is 4.90. The highest BCUT2D eigenvalue weighted by molar-refractivity contribution is 5.95. The molecule has 1 aliphatic carbocycles. The maximum atomic E-state index is 12.4. The molecule has 0 aliphatic heterocycles. The van der Waals surface area contributed by atoms with Crippen LogP contribution in [0.2, 0.25) is 0 Å². The Kier molecular flexibility index (Phi) is 7.24. The van der Waals surface area contributed by atoms with Crippen molar-refractivity contribution in [3.05, 3.63) is 120 Å². The second-order valence-electron chi connectivity index (χ2n) is 8.24. The smallest absolute Gasteiger partial charge is 0.320 e. The number of esters is 2. The zero-order chi connectivity index (χ0) is 24.0. The summed E-state index contributed by atoms with van der Waals surface area (Å²) in [6, 6.07) is 30.3. The topological polar surface area (TPSA) is 61.8 Å². The number of carbonyl (C=O) groups excluding carboxylic acids is 2. The summed E-state index contributed by atoms with van der Waals surface area (Å²) in [5, 5.41) is 0. The van der Waals surface area contributed by atoms with Gasteiger partial charge in [0.1, 0.15) is 5.60 Å². The van der Waals surface area contributed by atoms with E-state index in [1.807, 2.05) is 66.7 Å². The summed E-state index contributed by atoms with van der Waals surface area (Å²) in [6.07, 6.45) is 3.88. The lowest BCUT2D eigenvalue weighted by Gasteiger charge is -2.38. The standard InChI is InChI=1S/C29H28O5/c1-32-27(30)26(28(31)33-2)21-18-19-25(20-21)34-29(22-12-6-3-7-13-22,23-14-8-4-9-15-23)24-16-10-5-11-17-24/h3-19,21,25-26H,20H2,1-2H3/t21-,25+/m1/s1. The molecule has 0 N–H and O–H groups in total. The van der Waals surface area contributed by atoms with Crippen LogP contribution in [0.3, 0.4) is 0 Å². The SMILES string of the molecule is COC(=O)C(C(=O)OC)[C@@H]1C=C[C@H](OC(c2ccccc2)(c2ccccc2)c2ccccc2)C1. The zero-order valence-electron chi connectivity index (χ0n) is 19.3. The average molecular weight is 457 g/mol. The summed E-state index contributed by atoms with van der Waals surface area (Å²) >= 11 is 0. The number of ether oxygens (including phenoxy) is 3. The molecule has 1 aliphatic rings. The molecule has 0 spiro atoms. The Morgan fingerprint density at radius 2 is 1.12 bits per heavy atom. The van der Waals surface area contributed by atoms with Crippen LogP contribution in [0.4, 0.5) is 0 Å². The molecule has 174 valence electrons. The van der Waals surface area contributed by atoms with Gasteiger partial charge in [-0.25, -0.2) is 0 Å². The molecule has 34 heavy (non-hydrogen) atoms. The van der Waals surface area contributed by atoms with Crippen molar-refractivity contribution in [2.45, 2.75) is 18.1 Å². The van der Waals surface area contributed by atoms with Crippen molar-refractivity contribution < 1.29 is 23.8 Å². The van der Waals surface area contributed by atoms with Gasteiger partial charge < -0.3 is 14.2 Å². The lowest BCUT2D eigenvalue weighted by Crippen LogP contribution is -2.37. The minimum atomic E-state index is -1.03. The van der Waals surface area contributed by atoms with Gasteiger partial charge in [0, 0.05) is 5.92 Å². The van der Waals surface area contributed by atoms with Gasteiger partial charge in [-0.1, -0.05) is 103 Å². The molecule has 0 amide bonds. The second kappa shape index (κ2) is 10.5. The van der Waals surface area contributed by atoms with Gasteiger partial charge >= 0.3 is 11.9 Å². The van der Waals surface area contributed by atoms with E-state index in [4.69, 9.17) is 14.2 Å². The minimum Gasteiger partial charge on any atom is -0.468 e. The lowest BCUT2D eigenvalue weighted by molar-refractivity contribution is -0.161. The first kappa shape index (κ1) is 23.5. The molecule has 5 heteroatoms. The van der Waals surface area contributed by atoms with Crippen molar-refractivity contribution >= 4 is 11.9 Å². The van der Waals surface area contributed by atoms with Crippen LogP contribution in [0.1, 0.15) is 23.1 Å². The van der Waals surface area contributed by atoms with Gasteiger partial charge in [0.25, 0.3) is 0 Å². The Labute approximate surface area is 200 Å². The molecular formula is C29H28O5. The summed E-state index contributed by atoms with van der Waals surface area (Å²) in [5.74, 6) is -2.63. The largest absolute Gasteiger partial charge is 0.468 e. The molecule has 0 fully saturated rings. The van der Waals surface area contributed by atoms with Crippen LogP contribution in [0.25, 0.3) is 0 Å². The summed E-state index contributed by atoms with van der Waals surface area (Å²) in [5.41, 5.74) is 2.07. The number of hydrogen-bond acceptors (Lipinski definition) is 5. The van der Waals surface area contributed by atoms with E-state index in [2.05, 4.69) is 36.4 Å². The highest BCUT2D eigenvalue weighted by Gasteiger charge is 2.43. The molecule has 0 bridgehead atoms. The Morgan fingerprint density at radius 3 is 1.50 bits per heavy atom. The van der Waals surface area contributed by atoms with E-state index in [9.17, 15) is 9.59 Å². The fourth-order valence-corrected chi connectivity index (χ4v) is 4.68. The van der Waals surface area contributed by atoms with E-state index in [0.29, 0.717) is 6.42 Å². The average Bonchev–Trinajstić information content (AvgIpc) is 3.36. The maximum Gasteiger partial charge on any atom is 0.320 e. The fraction of sp³-hybridized carbons (Fsp3) is 0.241. The first-order valence-electron chi connectivity index (χ1n) is 11.3. The summed E-state index contributed by atoms with van der Waals surface area (Å²) < 4.78 is 16.7. The number of hydrogen-bond donors (Lipinski definition) is 0. The lowest BCUT2D eigenvalue weighted by atomic mass is 9.79. The number of benzene rings is 3. The Balaban J connectivity index is 1.76. The molecule has 4 rings (SSSR count). The van der Waals surface area contributed by atoms with Crippen molar-refractivity contribution in [1.82, 2.24) is 0 Å². The molecule has 0 aromatic heterocycles. The van der Waals surface area contributed by atoms with E-state index in [-0.39, 0.29) is 12.0 Å². The van der Waals surface area contributed by atoms with Crippen LogP contribution in [0.15, 0.2) is 103 Å². The number of allylic oxidation sites excluding steroid dienone is 1. The van der Waals surface area contributed by atoms with Gasteiger partial charge in [0.05, 0.1) is 20.3 Å². The minimum absolute atomic E-state index is 0.345. The van der Waals surface area contributed by atoms with Crippen molar-refractivity contribution in [1.29, 1.82) is 0 Å². The molecule has 3 aromatic carbocycles. The van der Waals surface area contributed by atoms with E-state index in [1.165, 1.54) is 14.2 Å². The first-order valence-corrected chi connectivity index (χ1v) is 11.3. The van der Waals surface area contributed by atoms with E-state index < -0.39 is 23.5 Å². The maximum absolute atomic E-state index is 12.4. The molecule has 2 atom stereocenters. The molecule has 0 radical (unpaired) electrons. The first-order chi connectivity index (χ1) is 16.6. The third-order valence-corrected chi connectivity index (χ3v) is 6.28. The normalized spacial score (nSPS) is 17.5. The van der Waals surface area contributed by atoms with Crippen LogP contribution >= 0.6 is 0 Å². The van der Waals surface area contributed by atoms with Crippen LogP contribution in [-0.4, -0.2) is 32.3 Å². The Morgan fingerprint density at radius 1 is 0.706 bits per heavy atom. The molecule has 0 heterocycles. The highest BCUT2D eigenvalue weighted by atomic mass is 16.5. The van der Waals surface area contributed by atoms with Crippen LogP contribution in [-0.2, 0) is 29.4 Å². The van der Waals surface area contributed by atoms with Crippen LogP contribution in [0.5, 0.6) is 0 Å². The van der Waals surface area contributed by atoms with E-state index in [0.717, 1.165) is 16.7 Å². The summed E-state index contributed by atoms with van der Waals surface area (Å²) in [7, 11) is 2.55. The number of methoxy groups -OCH3 is 2. The van der Waals surface area contributed by atoms with Crippen molar-refractivity contribution in [3.8, 4) is 0 Å². The molecule has 0 saturated carbocycles. The van der Waals surface area contributed by atoms with Gasteiger partial charge in [-0.15, -0.1) is 0 Å². The van der Waals surface area contributed by atoms with Gasteiger partial charge in [-0.3, -0.25) is 9.59 Å². The van der Waals surface area contributed by atoms with E-state index >= 15 is 0 Å². The molecule has 3 aromatic rings. The van der Waals surface area contributed by atoms with Gasteiger partial charge in [-0.2, -0.15) is 0 Å². The molecular weight excluding hydrogens is 428 g/mol. The Hall–Kier alpha value is -3.70. The molecule has 0 saturated heterocycles. The third-order valence-electron chi connectivity index (χ3n) is 6.28. The second-order valence-corrected chi connectivity index (χ2v) is 8.24. The van der Waals surface area contributed by atoms with Gasteiger partial charge in [0.2, 0.25) is 0 Å². The monoisotopic (exact) mass is 456 g/mol. The molecule has 0 unspecified atom stereocenters. The quantitative estimate of drug-likeness (QED) is 0.209. The highest BCUT2D eigenvalue weighted by Crippen LogP contribution is 2.43. The molecule has 5 nitrogen and oxygen atoms in total.